The van der Waals surface area contributed by atoms with Gasteiger partial charge in [0, 0.05) is 21.1 Å². The first-order valence-electron chi connectivity index (χ1n) is 9.63. The van der Waals surface area contributed by atoms with Gasteiger partial charge in [0.15, 0.2) is 11.6 Å². The van der Waals surface area contributed by atoms with Crippen LogP contribution in [0, 0.1) is 21.0 Å². The van der Waals surface area contributed by atoms with Gasteiger partial charge in [-0.25, -0.2) is 26.7 Å². The predicted octanol–water partition coefficient (Wildman–Crippen LogP) is 3.11. The molecule has 1 aliphatic carbocycles. The van der Waals surface area contributed by atoms with Crippen LogP contribution in [0.15, 0.2) is 24.3 Å². The predicted molar refractivity (Wildman–Crippen MR) is 121 cm³/mol. The zero-order chi connectivity index (χ0) is 23.8. The maximum absolute atomic E-state index is 15.0. The van der Waals surface area contributed by atoms with Gasteiger partial charge in [0.1, 0.15) is 11.6 Å². The van der Waals surface area contributed by atoms with Crippen LogP contribution in [0.25, 0.3) is 0 Å². The van der Waals surface area contributed by atoms with E-state index in [1.165, 1.54) is 12.1 Å². The minimum Gasteiger partial charge on any atom is -0.493 e. The molecule has 7 nitrogen and oxygen atoms in total. The van der Waals surface area contributed by atoms with Crippen LogP contribution in [0.1, 0.15) is 31.2 Å². The topological polar surface area (TPSA) is 122 Å². The summed E-state index contributed by atoms with van der Waals surface area (Å²) in [4.78, 5) is 0. The standard InChI is InChI=1S/C20H22F3IN2O5S/c1-2-31-16-6-14(22)18(23)19(26-15-4-3-10(24)5-13(15)21)17(16)12-8-20(12,32(25,29)30)7-11(28)9-27/h3-6,11-12,26-28H,2,7-9H2,1H3,(H2,25,29,30)/t11?,12?,20-/m1/s1. The number of ether oxygens (including phenoxy) is 1. The number of rotatable bonds is 9. The van der Waals surface area contributed by atoms with Gasteiger partial charge in [-0.2, -0.15) is 0 Å². The van der Waals surface area contributed by atoms with Gasteiger partial charge in [-0.1, -0.05) is 0 Å². The third-order valence-corrected chi connectivity index (χ3v) is 7.87. The molecule has 12 heteroatoms. The lowest BCUT2D eigenvalue weighted by atomic mass is 10.0. The number of aliphatic hydroxyl groups excluding tert-OH is 2. The second kappa shape index (κ2) is 9.33. The number of hydrogen-bond acceptors (Lipinski definition) is 6. The van der Waals surface area contributed by atoms with E-state index in [4.69, 9.17) is 9.88 Å². The minimum atomic E-state index is -4.30. The highest BCUT2D eigenvalue weighted by Crippen LogP contribution is 2.62. The Bertz CT molecular complexity index is 1130. The van der Waals surface area contributed by atoms with E-state index in [-0.39, 0.29) is 30.0 Å². The largest absolute Gasteiger partial charge is 0.493 e. The number of hydrogen-bond donors (Lipinski definition) is 4. The van der Waals surface area contributed by atoms with Crippen molar-refractivity contribution in [3.8, 4) is 5.75 Å². The first kappa shape index (κ1) is 25.0. The zero-order valence-electron chi connectivity index (χ0n) is 16.9. The van der Waals surface area contributed by atoms with Crippen molar-refractivity contribution in [1.82, 2.24) is 0 Å². The molecule has 1 fully saturated rings. The van der Waals surface area contributed by atoms with Crippen LogP contribution < -0.4 is 15.2 Å². The van der Waals surface area contributed by atoms with Crippen LogP contribution in [-0.2, 0) is 10.0 Å². The summed E-state index contributed by atoms with van der Waals surface area (Å²) in [6.07, 6.45) is -1.95. The Morgan fingerprint density at radius 2 is 2.00 bits per heavy atom. The quantitative estimate of drug-likeness (QED) is 0.335. The van der Waals surface area contributed by atoms with Crippen molar-refractivity contribution >= 4 is 44.0 Å². The zero-order valence-corrected chi connectivity index (χ0v) is 19.9. The van der Waals surface area contributed by atoms with Crippen molar-refractivity contribution in [2.24, 2.45) is 5.14 Å². The summed E-state index contributed by atoms with van der Waals surface area (Å²) in [7, 11) is -4.30. The number of nitrogens with one attached hydrogen (secondary N) is 1. The van der Waals surface area contributed by atoms with Gasteiger partial charge >= 0.3 is 0 Å². The van der Waals surface area contributed by atoms with Crippen molar-refractivity contribution in [3.05, 3.63) is 50.9 Å². The molecule has 0 aliphatic heterocycles. The average molecular weight is 586 g/mol. The molecule has 0 radical (unpaired) electrons. The normalized spacial score (nSPS) is 21.3. The van der Waals surface area contributed by atoms with E-state index in [1.807, 2.05) is 22.6 Å². The van der Waals surface area contributed by atoms with Crippen LogP contribution in [0.5, 0.6) is 5.75 Å². The Morgan fingerprint density at radius 3 is 2.56 bits per heavy atom. The first-order valence-corrected chi connectivity index (χ1v) is 12.3. The molecular formula is C20H22F3IN2O5S. The Kier molecular flexibility index (Phi) is 7.29. The fourth-order valence-corrected chi connectivity index (χ4v) is 5.65. The van der Waals surface area contributed by atoms with E-state index in [0.29, 0.717) is 3.57 Å². The van der Waals surface area contributed by atoms with Gasteiger partial charge in [-0.15, -0.1) is 0 Å². The highest BCUT2D eigenvalue weighted by atomic mass is 127. The van der Waals surface area contributed by atoms with Gasteiger partial charge in [0.05, 0.1) is 35.4 Å². The van der Waals surface area contributed by atoms with Gasteiger partial charge in [-0.3, -0.25) is 0 Å². The van der Waals surface area contributed by atoms with Gasteiger partial charge < -0.3 is 20.3 Å². The first-order chi connectivity index (χ1) is 14.9. The second-order valence-electron chi connectivity index (χ2n) is 7.55. The number of aliphatic hydroxyl groups is 2. The number of nitrogens with two attached hydrogens (primary N) is 1. The Balaban J connectivity index is 2.19. The number of halogens is 4. The smallest absolute Gasteiger partial charge is 0.215 e. The third-order valence-electron chi connectivity index (χ3n) is 5.44. The average Bonchev–Trinajstić information content (AvgIpc) is 3.42. The molecule has 0 amide bonds. The molecule has 3 atom stereocenters. The summed E-state index contributed by atoms with van der Waals surface area (Å²) in [5.74, 6) is -4.48. The van der Waals surface area contributed by atoms with Crippen LogP contribution >= 0.6 is 22.6 Å². The molecule has 0 saturated heterocycles. The number of benzene rings is 2. The molecule has 5 N–H and O–H groups in total. The fraction of sp³-hybridized carbons (Fsp3) is 0.400. The van der Waals surface area contributed by atoms with Crippen molar-refractivity contribution in [1.29, 1.82) is 0 Å². The summed E-state index contributed by atoms with van der Waals surface area (Å²) < 4.78 is 72.9. The maximum Gasteiger partial charge on any atom is 0.215 e. The minimum absolute atomic E-state index is 0.0390. The molecule has 0 spiro atoms. The molecule has 176 valence electrons. The lowest BCUT2D eigenvalue weighted by Gasteiger charge is -2.22. The van der Waals surface area contributed by atoms with Gasteiger partial charge in [-0.05, 0) is 60.6 Å². The molecule has 2 aromatic carbocycles. The summed E-state index contributed by atoms with van der Waals surface area (Å²) in [5.41, 5.74) is -0.679. The molecule has 1 saturated carbocycles. The molecule has 3 rings (SSSR count). The van der Waals surface area contributed by atoms with Crippen molar-refractivity contribution < 1.29 is 36.5 Å². The Labute approximate surface area is 197 Å². The van der Waals surface area contributed by atoms with E-state index in [0.717, 1.165) is 6.07 Å². The fourth-order valence-electron chi connectivity index (χ4n) is 3.86. The molecule has 2 unspecified atom stereocenters. The molecule has 0 heterocycles. The number of sulfonamides is 1. The van der Waals surface area contributed by atoms with Crippen LogP contribution in [0.3, 0.4) is 0 Å². The van der Waals surface area contributed by atoms with E-state index in [2.05, 4.69) is 5.32 Å². The summed E-state index contributed by atoms with van der Waals surface area (Å²) in [6.45, 7) is 0.953. The number of anilines is 2. The monoisotopic (exact) mass is 586 g/mol. The lowest BCUT2D eigenvalue weighted by molar-refractivity contribution is 0.0853. The van der Waals surface area contributed by atoms with E-state index in [1.54, 1.807) is 13.0 Å². The Morgan fingerprint density at radius 1 is 1.31 bits per heavy atom. The summed E-state index contributed by atoms with van der Waals surface area (Å²) in [6, 6.07) is 4.86. The highest BCUT2D eigenvalue weighted by Gasteiger charge is 2.65. The molecule has 0 bridgehead atoms. The molecule has 1 aliphatic rings. The van der Waals surface area contributed by atoms with Crippen molar-refractivity contribution in [2.75, 3.05) is 18.5 Å². The van der Waals surface area contributed by atoms with E-state index < -0.39 is 63.0 Å². The van der Waals surface area contributed by atoms with E-state index in [9.17, 15) is 31.8 Å². The van der Waals surface area contributed by atoms with Gasteiger partial charge in [0.25, 0.3) is 0 Å². The second-order valence-corrected chi connectivity index (χ2v) is 10.7. The van der Waals surface area contributed by atoms with Crippen LogP contribution in [0.2, 0.25) is 0 Å². The van der Waals surface area contributed by atoms with Gasteiger partial charge in [0.2, 0.25) is 10.0 Å². The van der Waals surface area contributed by atoms with Crippen LogP contribution in [-0.4, -0.2) is 42.7 Å². The molecular weight excluding hydrogens is 564 g/mol. The van der Waals surface area contributed by atoms with Crippen molar-refractivity contribution in [2.45, 2.75) is 36.5 Å². The lowest BCUT2D eigenvalue weighted by Crippen LogP contribution is -2.36. The number of primary sulfonamides is 1. The molecule has 2 aromatic rings. The van der Waals surface area contributed by atoms with Crippen molar-refractivity contribution in [3.63, 3.8) is 0 Å². The maximum atomic E-state index is 15.0. The molecule has 32 heavy (non-hydrogen) atoms. The molecule has 0 aromatic heterocycles. The third kappa shape index (κ3) is 4.69. The Hall–Kier alpha value is -1.61. The SMILES string of the molecule is CCOc1cc(F)c(F)c(Nc2ccc(I)cc2F)c1C1C[C@@]1(CC(O)CO)S(N)(=O)=O. The van der Waals surface area contributed by atoms with E-state index >= 15 is 0 Å². The highest BCUT2D eigenvalue weighted by molar-refractivity contribution is 14.1. The summed E-state index contributed by atoms with van der Waals surface area (Å²) >= 11 is 1.89. The summed E-state index contributed by atoms with van der Waals surface area (Å²) in [5, 5.41) is 27.1. The van der Waals surface area contributed by atoms with Crippen LogP contribution in [0.4, 0.5) is 24.5 Å².